The molecule has 2 rings (SSSR count). The maximum absolute atomic E-state index is 11.8. The van der Waals surface area contributed by atoms with Gasteiger partial charge >= 0.3 is 0 Å². The van der Waals surface area contributed by atoms with Crippen LogP contribution >= 0.6 is 34.7 Å². The number of aromatic nitrogens is 1. The second-order valence-electron chi connectivity index (χ2n) is 3.40. The number of amides is 1. The van der Waals surface area contributed by atoms with Crippen molar-refractivity contribution in [2.24, 2.45) is 0 Å². The third-order valence-corrected chi connectivity index (χ3v) is 3.28. The van der Waals surface area contributed by atoms with E-state index < -0.39 is 0 Å². The van der Waals surface area contributed by atoms with Gasteiger partial charge in [0.25, 0.3) is 5.91 Å². The molecule has 88 valence electrons. The molecule has 1 N–H and O–H groups in total. The van der Waals surface area contributed by atoms with E-state index in [0.29, 0.717) is 21.4 Å². The summed E-state index contributed by atoms with van der Waals surface area (Å²) in [7, 11) is 0. The first kappa shape index (κ1) is 12.4. The Balaban J connectivity index is 2.18. The van der Waals surface area contributed by atoms with Crippen molar-refractivity contribution in [3.8, 4) is 0 Å². The lowest BCUT2D eigenvalue weighted by atomic mass is 10.3. The molecule has 0 fully saturated rings. The number of carbonyl (C=O) groups is 1. The fraction of sp³-hybridized carbons (Fsp3) is 0.0909. The normalized spacial score (nSPS) is 10.3. The van der Waals surface area contributed by atoms with Crippen molar-refractivity contribution in [1.29, 1.82) is 0 Å². The Bertz CT molecular complexity index is 568. The van der Waals surface area contributed by atoms with Gasteiger partial charge in [-0.05, 0) is 42.7 Å². The SMILES string of the molecule is Cc1cc(C(=O)Nc2ccc(Cl)cc2Cl)ns1. The average molecular weight is 287 g/mol. The van der Waals surface area contributed by atoms with Crippen LogP contribution in [0.25, 0.3) is 0 Å². The molecule has 3 nitrogen and oxygen atoms in total. The van der Waals surface area contributed by atoms with Crippen LogP contribution in [0.4, 0.5) is 5.69 Å². The van der Waals surface area contributed by atoms with Gasteiger partial charge in [-0.15, -0.1) is 0 Å². The van der Waals surface area contributed by atoms with Crippen LogP contribution in [0, 0.1) is 6.92 Å². The maximum atomic E-state index is 11.8. The lowest BCUT2D eigenvalue weighted by molar-refractivity contribution is 0.102. The van der Waals surface area contributed by atoms with Crippen molar-refractivity contribution in [3.05, 3.63) is 44.9 Å². The van der Waals surface area contributed by atoms with Crippen molar-refractivity contribution in [3.63, 3.8) is 0 Å². The lowest BCUT2D eigenvalue weighted by Crippen LogP contribution is -2.12. The summed E-state index contributed by atoms with van der Waals surface area (Å²) < 4.78 is 4.02. The van der Waals surface area contributed by atoms with E-state index in [4.69, 9.17) is 23.2 Å². The summed E-state index contributed by atoms with van der Waals surface area (Å²) in [6.07, 6.45) is 0. The second kappa shape index (κ2) is 5.04. The van der Waals surface area contributed by atoms with Crippen LogP contribution < -0.4 is 5.32 Å². The van der Waals surface area contributed by atoms with E-state index in [1.165, 1.54) is 11.5 Å². The molecular formula is C11H8Cl2N2OS. The Morgan fingerprint density at radius 1 is 1.35 bits per heavy atom. The Morgan fingerprint density at radius 2 is 2.12 bits per heavy atom. The summed E-state index contributed by atoms with van der Waals surface area (Å²) in [4.78, 5) is 12.8. The molecule has 0 radical (unpaired) electrons. The molecule has 0 aliphatic heterocycles. The van der Waals surface area contributed by atoms with Crippen LogP contribution in [0.1, 0.15) is 15.4 Å². The topological polar surface area (TPSA) is 42.0 Å². The summed E-state index contributed by atoms with van der Waals surface area (Å²) in [5, 5.41) is 3.61. The summed E-state index contributed by atoms with van der Waals surface area (Å²) >= 11 is 13.0. The molecule has 0 unspecified atom stereocenters. The highest BCUT2D eigenvalue weighted by Gasteiger charge is 2.11. The smallest absolute Gasteiger partial charge is 0.275 e. The quantitative estimate of drug-likeness (QED) is 0.906. The molecule has 0 bridgehead atoms. The largest absolute Gasteiger partial charge is 0.319 e. The van der Waals surface area contributed by atoms with Crippen molar-refractivity contribution in [1.82, 2.24) is 4.37 Å². The minimum Gasteiger partial charge on any atom is -0.319 e. The molecule has 0 atom stereocenters. The summed E-state index contributed by atoms with van der Waals surface area (Å²) in [5.41, 5.74) is 0.908. The van der Waals surface area contributed by atoms with Gasteiger partial charge in [0.1, 0.15) is 5.69 Å². The predicted molar refractivity (Wildman–Crippen MR) is 71.3 cm³/mol. The fourth-order valence-corrected chi connectivity index (χ4v) is 2.25. The van der Waals surface area contributed by atoms with Gasteiger partial charge in [0, 0.05) is 9.90 Å². The highest BCUT2D eigenvalue weighted by Crippen LogP contribution is 2.25. The minimum absolute atomic E-state index is 0.279. The molecule has 1 aromatic carbocycles. The zero-order valence-corrected chi connectivity index (χ0v) is 11.2. The Morgan fingerprint density at radius 3 is 2.71 bits per heavy atom. The van der Waals surface area contributed by atoms with Gasteiger partial charge in [-0.25, -0.2) is 0 Å². The molecule has 1 heterocycles. The molecule has 0 aliphatic carbocycles. The van der Waals surface area contributed by atoms with E-state index in [2.05, 4.69) is 9.69 Å². The van der Waals surface area contributed by atoms with Crippen LogP contribution in [0.5, 0.6) is 0 Å². The van der Waals surface area contributed by atoms with Crippen molar-refractivity contribution >= 4 is 46.3 Å². The van der Waals surface area contributed by atoms with Gasteiger partial charge in [-0.1, -0.05) is 23.2 Å². The summed E-state index contributed by atoms with van der Waals surface area (Å²) in [5.74, 6) is -0.279. The minimum atomic E-state index is -0.279. The number of halogens is 2. The fourth-order valence-electron chi connectivity index (χ4n) is 1.25. The van der Waals surface area contributed by atoms with E-state index in [-0.39, 0.29) is 5.91 Å². The van der Waals surface area contributed by atoms with E-state index in [1.807, 2.05) is 6.92 Å². The van der Waals surface area contributed by atoms with Gasteiger partial charge in [0.2, 0.25) is 0 Å². The molecule has 0 saturated carbocycles. The number of nitrogens with one attached hydrogen (secondary N) is 1. The van der Waals surface area contributed by atoms with Crippen molar-refractivity contribution < 1.29 is 4.79 Å². The zero-order chi connectivity index (χ0) is 12.4. The molecule has 0 spiro atoms. The molecule has 1 aromatic heterocycles. The van der Waals surface area contributed by atoms with Crippen molar-refractivity contribution in [2.45, 2.75) is 6.92 Å². The van der Waals surface area contributed by atoms with Crippen LogP contribution in [0.3, 0.4) is 0 Å². The highest BCUT2D eigenvalue weighted by molar-refractivity contribution is 7.05. The first-order chi connectivity index (χ1) is 8.06. The maximum Gasteiger partial charge on any atom is 0.275 e. The average Bonchev–Trinajstić information content (AvgIpc) is 2.69. The number of carbonyl (C=O) groups excluding carboxylic acids is 1. The predicted octanol–water partition coefficient (Wildman–Crippen LogP) is 4.01. The third kappa shape index (κ3) is 2.97. The Labute approximate surface area is 113 Å². The second-order valence-corrected chi connectivity index (χ2v) is 5.25. The molecule has 0 saturated heterocycles. The van der Waals surface area contributed by atoms with Crippen molar-refractivity contribution in [2.75, 3.05) is 5.32 Å². The van der Waals surface area contributed by atoms with Gasteiger partial charge in [0.05, 0.1) is 10.7 Å². The summed E-state index contributed by atoms with van der Waals surface area (Å²) in [6, 6.07) is 6.62. The van der Waals surface area contributed by atoms with Gasteiger partial charge in [-0.3, -0.25) is 4.79 Å². The van der Waals surface area contributed by atoms with E-state index in [1.54, 1.807) is 24.3 Å². The summed E-state index contributed by atoms with van der Waals surface area (Å²) in [6.45, 7) is 1.89. The zero-order valence-electron chi connectivity index (χ0n) is 8.83. The van der Waals surface area contributed by atoms with E-state index in [9.17, 15) is 4.79 Å². The van der Waals surface area contributed by atoms with E-state index >= 15 is 0 Å². The molecule has 17 heavy (non-hydrogen) atoms. The van der Waals surface area contributed by atoms with Gasteiger partial charge in [-0.2, -0.15) is 4.37 Å². The number of nitrogens with zero attached hydrogens (tertiary/aromatic N) is 1. The number of aryl methyl sites for hydroxylation is 1. The lowest BCUT2D eigenvalue weighted by Gasteiger charge is -2.05. The number of rotatable bonds is 2. The van der Waals surface area contributed by atoms with Crippen LogP contribution in [0.2, 0.25) is 10.0 Å². The van der Waals surface area contributed by atoms with Crippen LogP contribution in [-0.2, 0) is 0 Å². The van der Waals surface area contributed by atoms with Gasteiger partial charge in [0.15, 0.2) is 0 Å². The number of anilines is 1. The molecule has 0 aliphatic rings. The van der Waals surface area contributed by atoms with Gasteiger partial charge < -0.3 is 5.32 Å². The number of benzene rings is 1. The molecular weight excluding hydrogens is 279 g/mol. The molecule has 1 amide bonds. The van der Waals surface area contributed by atoms with Crippen LogP contribution in [-0.4, -0.2) is 10.3 Å². The number of hydrogen-bond acceptors (Lipinski definition) is 3. The Hall–Kier alpha value is -1.10. The molecule has 6 heteroatoms. The first-order valence-electron chi connectivity index (χ1n) is 4.76. The first-order valence-corrected chi connectivity index (χ1v) is 6.29. The standard InChI is InChI=1S/C11H8Cl2N2OS/c1-6-4-10(15-17-6)11(16)14-9-3-2-7(12)5-8(9)13/h2-5H,1H3,(H,14,16). The molecule has 2 aromatic rings. The third-order valence-electron chi connectivity index (χ3n) is 2.04. The monoisotopic (exact) mass is 286 g/mol. The number of hydrogen-bond donors (Lipinski definition) is 1. The van der Waals surface area contributed by atoms with E-state index in [0.717, 1.165) is 4.88 Å². The Kier molecular flexibility index (Phi) is 3.66. The van der Waals surface area contributed by atoms with Crippen LogP contribution in [0.15, 0.2) is 24.3 Å². The highest BCUT2D eigenvalue weighted by atomic mass is 35.5.